The fourth-order valence-electron chi connectivity index (χ4n) is 2.77. The topological polar surface area (TPSA) is 74.7 Å². The van der Waals surface area contributed by atoms with Crippen LogP contribution in [0.1, 0.15) is 5.76 Å². The maximum Gasteiger partial charge on any atom is 0.217 e. The van der Waals surface area contributed by atoms with Crippen molar-refractivity contribution in [3.8, 4) is 23.1 Å². The average Bonchev–Trinajstić information content (AvgIpc) is 3.44. The number of rotatable bonds is 5. The van der Waals surface area contributed by atoms with Gasteiger partial charge in [-0.3, -0.25) is 0 Å². The lowest BCUT2D eigenvalue weighted by Gasteiger charge is -2.05. The predicted molar refractivity (Wildman–Crippen MR) is 101 cm³/mol. The second-order valence-corrected chi connectivity index (χ2v) is 6.71. The maximum atomic E-state index is 5.85. The van der Waals surface area contributed by atoms with E-state index >= 15 is 0 Å². The Labute approximate surface area is 157 Å². The highest BCUT2D eigenvalue weighted by Crippen LogP contribution is 2.25. The van der Waals surface area contributed by atoms with Crippen LogP contribution in [0.5, 0.6) is 11.5 Å². The largest absolute Gasteiger partial charge is 0.497 e. The summed E-state index contributed by atoms with van der Waals surface area (Å²) in [6, 6.07) is 13.1. The third kappa shape index (κ3) is 2.89. The molecular formula is C19H14N4O3S. The molecule has 27 heavy (non-hydrogen) atoms. The second-order valence-electron chi connectivity index (χ2n) is 5.82. The molecule has 8 heteroatoms. The minimum atomic E-state index is 0.316. The molecule has 4 aromatic heterocycles. The number of methoxy groups -OCH3 is 1. The first-order valence-electron chi connectivity index (χ1n) is 8.25. The lowest BCUT2D eigenvalue weighted by atomic mass is 10.3. The Morgan fingerprint density at radius 3 is 2.78 bits per heavy atom. The smallest absolute Gasteiger partial charge is 0.217 e. The molecule has 134 valence electrons. The number of aromatic nitrogens is 4. The van der Waals surface area contributed by atoms with Crippen LogP contribution in [0.25, 0.3) is 27.4 Å². The van der Waals surface area contributed by atoms with Crippen molar-refractivity contribution in [1.29, 1.82) is 0 Å². The number of furan rings is 1. The molecule has 0 saturated carbocycles. The summed E-state index contributed by atoms with van der Waals surface area (Å²) in [7, 11) is 1.63. The summed E-state index contributed by atoms with van der Waals surface area (Å²) in [5.41, 5.74) is 0.767. The van der Waals surface area contributed by atoms with Gasteiger partial charge in [-0.1, -0.05) is 0 Å². The third-order valence-electron chi connectivity index (χ3n) is 4.12. The molecule has 0 aliphatic heterocycles. The Morgan fingerprint density at radius 1 is 1.07 bits per heavy atom. The van der Waals surface area contributed by atoms with Crippen LogP contribution in [0, 0.1) is 0 Å². The molecule has 0 spiro atoms. The van der Waals surface area contributed by atoms with Gasteiger partial charge < -0.3 is 13.9 Å². The normalized spacial score (nSPS) is 11.3. The van der Waals surface area contributed by atoms with Gasteiger partial charge in [-0.2, -0.15) is 0 Å². The van der Waals surface area contributed by atoms with E-state index in [9.17, 15) is 0 Å². The molecule has 0 aliphatic rings. The van der Waals surface area contributed by atoms with Gasteiger partial charge in [0.2, 0.25) is 5.82 Å². The van der Waals surface area contributed by atoms with Crippen LogP contribution < -0.4 is 9.47 Å². The van der Waals surface area contributed by atoms with E-state index in [4.69, 9.17) is 13.9 Å². The Morgan fingerprint density at radius 2 is 1.93 bits per heavy atom. The van der Waals surface area contributed by atoms with Gasteiger partial charge in [0, 0.05) is 0 Å². The van der Waals surface area contributed by atoms with Crippen LogP contribution >= 0.6 is 11.3 Å². The van der Waals surface area contributed by atoms with Crippen molar-refractivity contribution in [3.05, 3.63) is 59.9 Å². The van der Waals surface area contributed by atoms with Gasteiger partial charge in [-0.15, -0.1) is 16.4 Å². The van der Waals surface area contributed by atoms with E-state index in [0.29, 0.717) is 24.0 Å². The second kappa shape index (κ2) is 6.40. The van der Waals surface area contributed by atoms with Gasteiger partial charge in [-0.25, -0.2) is 14.5 Å². The number of hydrogen-bond donors (Lipinski definition) is 0. The summed E-state index contributed by atoms with van der Waals surface area (Å²) < 4.78 is 18.4. The maximum absolute atomic E-state index is 5.85. The predicted octanol–water partition coefficient (Wildman–Crippen LogP) is 4.19. The first-order chi connectivity index (χ1) is 13.3. The summed E-state index contributed by atoms with van der Waals surface area (Å²) in [6.45, 7) is 0.316. The molecule has 0 N–H and O–H groups in total. The van der Waals surface area contributed by atoms with Crippen molar-refractivity contribution in [2.45, 2.75) is 6.61 Å². The zero-order valence-electron chi connectivity index (χ0n) is 14.3. The van der Waals surface area contributed by atoms with E-state index in [1.54, 1.807) is 29.3 Å². The van der Waals surface area contributed by atoms with Crippen LogP contribution in [0.15, 0.2) is 58.6 Å². The standard InChI is InChI=1S/C19H14N4O3S/c1-24-12-2-4-13(5-3-12)25-10-14-6-7-16(26-14)17-21-18-15-8-9-27-19(15)20-11-23(18)22-17/h2-9,11H,10H2,1H3. The molecule has 0 bridgehead atoms. The fourth-order valence-corrected chi connectivity index (χ4v) is 3.50. The van der Waals surface area contributed by atoms with Crippen molar-refractivity contribution in [2.24, 2.45) is 0 Å². The number of thiophene rings is 1. The van der Waals surface area contributed by atoms with Crippen molar-refractivity contribution in [3.63, 3.8) is 0 Å². The fraction of sp³-hybridized carbons (Fsp3) is 0.105. The molecule has 0 saturated heterocycles. The molecule has 4 heterocycles. The van der Waals surface area contributed by atoms with Crippen molar-refractivity contribution < 1.29 is 13.9 Å². The van der Waals surface area contributed by atoms with Gasteiger partial charge in [0.15, 0.2) is 11.4 Å². The molecule has 0 atom stereocenters. The van der Waals surface area contributed by atoms with E-state index in [2.05, 4.69) is 15.1 Å². The van der Waals surface area contributed by atoms with Gasteiger partial charge in [-0.05, 0) is 47.8 Å². The van der Waals surface area contributed by atoms with Gasteiger partial charge in [0.05, 0.1) is 12.5 Å². The quantitative estimate of drug-likeness (QED) is 0.457. The van der Waals surface area contributed by atoms with Crippen LogP contribution in [0.4, 0.5) is 0 Å². The van der Waals surface area contributed by atoms with Crippen molar-refractivity contribution in [1.82, 2.24) is 19.6 Å². The van der Waals surface area contributed by atoms with E-state index < -0.39 is 0 Å². The summed E-state index contributed by atoms with van der Waals surface area (Å²) in [6.07, 6.45) is 1.67. The molecule has 7 nitrogen and oxygen atoms in total. The zero-order chi connectivity index (χ0) is 18.2. The molecule has 1 aromatic carbocycles. The van der Waals surface area contributed by atoms with Crippen LogP contribution in [0.2, 0.25) is 0 Å². The van der Waals surface area contributed by atoms with Crippen LogP contribution in [-0.2, 0) is 6.61 Å². The van der Waals surface area contributed by atoms with Crippen LogP contribution in [-0.4, -0.2) is 26.7 Å². The third-order valence-corrected chi connectivity index (χ3v) is 4.94. The van der Waals surface area contributed by atoms with Crippen molar-refractivity contribution in [2.75, 3.05) is 7.11 Å². The number of ether oxygens (including phenoxy) is 2. The Balaban J connectivity index is 1.37. The highest BCUT2D eigenvalue weighted by Gasteiger charge is 2.14. The van der Waals surface area contributed by atoms with Gasteiger partial charge in [0.1, 0.15) is 35.0 Å². The zero-order valence-corrected chi connectivity index (χ0v) is 15.1. The molecule has 5 aromatic rings. The molecule has 0 unspecified atom stereocenters. The van der Waals surface area contributed by atoms with Crippen LogP contribution in [0.3, 0.4) is 0 Å². The number of nitrogens with zero attached hydrogens (tertiary/aromatic N) is 4. The first-order valence-corrected chi connectivity index (χ1v) is 9.12. The minimum absolute atomic E-state index is 0.316. The number of benzene rings is 1. The number of hydrogen-bond acceptors (Lipinski definition) is 7. The summed E-state index contributed by atoms with van der Waals surface area (Å²) in [5.74, 6) is 3.33. The van der Waals surface area contributed by atoms with E-state index in [1.165, 1.54) is 0 Å². The Bertz CT molecular complexity index is 1220. The van der Waals surface area contributed by atoms with Gasteiger partial charge >= 0.3 is 0 Å². The lowest BCUT2D eigenvalue weighted by molar-refractivity contribution is 0.271. The summed E-state index contributed by atoms with van der Waals surface area (Å²) >= 11 is 1.58. The number of fused-ring (bicyclic) bond motifs is 3. The minimum Gasteiger partial charge on any atom is -0.497 e. The highest BCUT2D eigenvalue weighted by atomic mass is 32.1. The summed E-state index contributed by atoms with van der Waals surface area (Å²) in [4.78, 5) is 9.92. The molecular weight excluding hydrogens is 364 g/mol. The van der Waals surface area contributed by atoms with E-state index in [-0.39, 0.29) is 0 Å². The van der Waals surface area contributed by atoms with E-state index in [1.807, 2.05) is 47.8 Å². The highest BCUT2D eigenvalue weighted by molar-refractivity contribution is 7.16. The molecule has 0 radical (unpaired) electrons. The SMILES string of the molecule is COc1ccc(OCc2ccc(-c3nc4c5ccsc5ncn4n3)o2)cc1. The van der Waals surface area contributed by atoms with E-state index in [0.717, 1.165) is 27.4 Å². The Kier molecular flexibility index (Phi) is 3.75. The Hall–Kier alpha value is -3.39. The summed E-state index contributed by atoms with van der Waals surface area (Å²) in [5, 5.41) is 7.44. The molecule has 0 fully saturated rings. The van der Waals surface area contributed by atoms with Crippen molar-refractivity contribution >= 4 is 27.2 Å². The molecule has 5 rings (SSSR count). The van der Waals surface area contributed by atoms with Gasteiger partial charge in [0.25, 0.3) is 0 Å². The average molecular weight is 378 g/mol. The first kappa shape index (κ1) is 15.8. The molecule has 0 aliphatic carbocycles. The monoisotopic (exact) mass is 378 g/mol. The lowest BCUT2D eigenvalue weighted by Crippen LogP contribution is -1.93. The molecule has 0 amide bonds.